The molecule has 0 spiro atoms. The molecule has 2 aliphatic rings. The third-order valence-corrected chi connectivity index (χ3v) is 6.86. The summed E-state index contributed by atoms with van der Waals surface area (Å²) in [5, 5.41) is 21.2. The van der Waals surface area contributed by atoms with E-state index in [0.717, 1.165) is 0 Å². The van der Waals surface area contributed by atoms with Crippen LogP contribution in [0.3, 0.4) is 0 Å². The molecular formula is C23H20N4O8S. The van der Waals surface area contributed by atoms with E-state index in [0.29, 0.717) is 22.5 Å². The van der Waals surface area contributed by atoms with Crippen LogP contribution in [0.15, 0.2) is 64.8 Å². The average molecular weight is 513 g/mol. The molecule has 2 aromatic carbocycles. The molecule has 0 aromatic heterocycles. The molecule has 2 aliphatic heterocycles. The number of esters is 1. The summed E-state index contributed by atoms with van der Waals surface area (Å²) in [4.78, 5) is 52.3. The number of hydrogen-bond acceptors (Lipinski definition) is 10. The zero-order valence-electron chi connectivity index (χ0n) is 18.9. The van der Waals surface area contributed by atoms with Gasteiger partial charge in [0.25, 0.3) is 17.3 Å². The number of ether oxygens (including phenoxy) is 2. The Kier molecular flexibility index (Phi) is 7.41. The number of thioether (sulfide) groups is 1. The number of benzene rings is 2. The van der Waals surface area contributed by atoms with Crippen molar-refractivity contribution in [3.8, 4) is 0 Å². The van der Waals surface area contributed by atoms with E-state index in [1.54, 1.807) is 0 Å². The third kappa shape index (κ3) is 5.11. The van der Waals surface area contributed by atoms with E-state index >= 15 is 0 Å². The lowest BCUT2D eigenvalue weighted by molar-refractivity contribution is -0.385. The van der Waals surface area contributed by atoms with E-state index < -0.39 is 27.2 Å². The van der Waals surface area contributed by atoms with Crippen molar-refractivity contribution in [3.63, 3.8) is 0 Å². The number of carbonyl (C=O) groups excluding carboxylic acids is 2. The van der Waals surface area contributed by atoms with Gasteiger partial charge in [-0.1, -0.05) is 0 Å². The van der Waals surface area contributed by atoms with Gasteiger partial charge in [0.1, 0.15) is 17.7 Å². The van der Waals surface area contributed by atoms with Crippen LogP contribution in [0, 0.1) is 20.2 Å². The number of hydrogen-bond donors (Lipinski definition) is 0. The Hall–Kier alpha value is -4.10. The Labute approximate surface area is 208 Å². The summed E-state index contributed by atoms with van der Waals surface area (Å²) in [7, 11) is 1.48. The second-order valence-corrected chi connectivity index (χ2v) is 8.97. The van der Waals surface area contributed by atoms with Crippen LogP contribution in [0.2, 0.25) is 0 Å². The fraction of sp³-hybridized carbons (Fsp3) is 0.261. The molecule has 0 N–H and O–H groups in total. The first kappa shape index (κ1) is 25.0. The van der Waals surface area contributed by atoms with Crippen LogP contribution in [0.5, 0.6) is 0 Å². The van der Waals surface area contributed by atoms with Gasteiger partial charge in [-0.25, -0.2) is 4.79 Å². The Morgan fingerprint density at radius 1 is 1.08 bits per heavy atom. The van der Waals surface area contributed by atoms with Gasteiger partial charge in [-0.3, -0.25) is 34.9 Å². The summed E-state index contributed by atoms with van der Waals surface area (Å²) < 4.78 is 10.6. The lowest BCUT2D eigenvalue weighted by Gasteiger charge is -2.48. The van der Waals surface area contributed by atoms with Gasteiger partial charge in [-0.15, -0.1) is 11.8 Å². The van der Waals surface area contributed by atoms with Crippen LogP contribution in [-0.2, 0) is 25.7 Å². The first-order valence-corrected chi connectivity index (χ1v) is 11.7. The predicted octanol–water partition coefficient (Wildman–Crippen LogP) is 2.85. The van der Waals surface area contributed by atoms with Gasteiger partial charge in [0, 0.05) is 43.3 Å². The van der Waals surface area contributed by atoms with E-state index in [1.165, 1.54) is 78.5 Å². The van der Waals surface area contributed by atoms with E-state index in [9.17, 15) is 29.8 Å². The Balaban J connectivity index is 1.46. The number of fused-ring (bicyclic) bond motifs is 1. The fourth-order valence-electron chi connectivity index (χ4n) is 3.72. The van der Waals surface area contributed by atoms with Gasteiger partial charge in [-0.2, -0.15) is 0 Å². The van der Waals surface area contributed by atoms with Crippen molar-refractivity contribution in [3.05, 3.63) is 91.2 Å². The number of amides is 1. The molecule has 4 rings (SSSR count). The van der Waals surface area contributed by atoms with Crippen molar-refractivity contribution in [1.29, 1.82) is 0 Å². The lowest BCUT2D eigenvalue weighted by Crippen LogP contribution is -2.64. The third-order valence-electron chi connectivity index (χ3n) is 5.54. The van der Waals surface area contributed by atoms with Crippen LogP contribution in [-0.4, -0.2) is 63.7 Å². The van der Waals surface area contributed by atoms with Crippen LogP contribution in [0.1, 0.15) is 11.1 Å². The van der Waals surface area contributed by atoms with E-state index in [2.05, 4.69) is 4.99 Å². The van der Waals surface area contributed by atoms with Crippen molar-refractivity contribution in [2.75, 3.05) is 19.5 Å². The number of aliphatic imine (C=N–C) groups is 1. The molecule has 2 atom stereocenters. The van der Waals surface area contributed by atoms with Crippen molar-refractivity contribution in [2.24, 2.45) is 4.99 Å². The largest absolute Gasteiger partial charge is 0.456 e. The second-order valence-electron chi connectivity index (χ2n) is 7.87. The average Bonchev–Trinajstić information content (AvgIpc) is 2.87. The number of nitro groups is 2. The van der Waals surface area contributed by atoms with Crippen molar-refractivity contribution >= 4 is 41.2 Å². The molecule has 1 fully saturated rings. The quantitative estimate of drug-likeness (QED) is 0.162. The molecule has 0 bridgehead atoms. The molecule has 1 saturated heterocycles. The zero-order valence-corrected chi connectivity index (χ0v) is 19.8. The molecular weight excluding hydrogens is 492 g/mol. The van der Waals surface area contributed by atoms with Crippen molar-refractivity contribution < 1.29 is 28.9 Å². The van der Waals surface area contributed by atoms with Crippen LogP contribution < -0.4 is 0 Å². The Morgan fingerprint density at radius 2 is 1.69 bits per heavy atom. The van der Waals surface area contributed by atoms with Crippen LogP contribution in [0.4, 0.5) is 11.4 Å². The first-order valence-electron chi connectivity index (χ1n) is 10.6. The van der Waals surface area contributed by atoms with Gasteiger partial charge < -0.3 is 9.47 Å². The number of nitro benzene ring substituents is 2. The van der Waals surface area contributed by atoms with Gasteiger partial charge >= 0.3 is 5.97 Å². The van der Waals surface area contributed by atoms with Crippen molar-refractivity contribution in [1.82, 2.24) is 4.90 Å². The predicted molar refractivity (Wildman–Crippen MR) is 129 cm³/mol. The lowest BCUT2D eigenvalue weighted by atomic mass is 10.0. The van der Waals surface area contributed by atoms with Gasteiger partial charge in [0.15, 0.2) is 6.04 Å². The molecule has 0 aliphatic carbocycles. The number of carbonyl (C=O) groups is 2. The van der Waals surface area contributed by atoms with E-state index in [4.69, 9.17) is 9.47 Å². The molecule has 1 amide bonds. The highest BCUT2D eigenvalue weighted by Crippen LogP contribution is 2.42. The van der Waals surface area contributed by atoms with Crippen molar-refractivity contribution in [2.45, 2.75) is 18.0 Å². The minimum Gasteiger partial charge on any atom is -0.456 e. The molecule has 36 heavy (non-hydrogen) atoms. The number of non-ortho nitro benzene ring substituents is 2. The summed E-state index contributed by atoms with van der Waals surface area (Å²) in [6.45, 7) is 0.0182. The highest BCUT2D eigenvalue weighted by Gasteiger charge is 2.53. The summed E-state index contributed by atoms with van der Waals surface area (Å²) in [6.07, 6.45) is 1.48. The molecule has 13 heteroatoms. The zero-order chi connectivity index (χ0) is 25.8. The number of rotatable bonds is 9. The monoisotopic (exact) mass is 512 g/mol. The highest BCUT2D eigenvalue weighted by atomic mass is 32.2. The molecule has 0 radical (unpaired) electrons. The standard InChI is InChI=1S/C23H20N4O8S/c1-34-12-16-13-36-22-19(24-10-14-2-6-17(7-3-14)26(30)31)21(28)25(22)20(16)23(29)35-11-15-4-8-18(9-5-15)27(32)33/h2-10,19,22H,11-13H2,1H3/t19?,22-/m0/s1. The maximum absolute atomic E-state index is 13.0. The summed E-state index contributed by atoms with van der Waals surface area (Å²) in [6, 6.07) is 10.7. The maximum atomic E-state index is 13.0. The van der Waals surface area contributed by atoms with E-state index in [-0.39, 0.29) is 36.2 Å². The minimum absolute atomic E-state index is 0.0476. The molecule has 2 heterocycles. The Morgan fingerprint density at radius 3 is 2.28 bits per heavy atom. The molecule has 12 nitrogen and oxygen atoms in total. The minimum atomic E-state index is -0.716. The highest BCUT2D eigenvalue weighted by molar-refractivity contribution is 8.00. The number of nitrogens with zero attached hydrogens (tertiary/aromatic N) is 4. The molecule has 186 valence electrons. The van der Waals surface area contributed by atoms with Gasteiger partial charge in [0.05, 0.1) is 16.5 Å². The topological polar surface area (TPSA) is 154 Å². The van der Waals surface area contributed by atoms with Crippen LogP contribution >= 0.6 is 11.8 Å². The van der Waals surface area contributed by atoms with E-state index in [1.807, 2.05) is 0 Å². The number of methoxy groups -OCH3 is 1. The molecule has 2 aromatic rings. The van der Waals surface area contributed by atoms with Gasteiger partial charge in [0.2, 0.25) is 0 Å². The van der Waals surface area contributed by atoms with Crippen LogP contribution in [0.25, 0.3) is 0 Å². The second kappa shape index (κ2) is 10.7. The Bertz CT molecular complexity index is 1260. The molecule has 1 unspecified atom stereocenters. The summed E-state index contributed by atoms with van der Waals surface area (Å²) in [5.41, 5.74) is 1.77. The molecule has 0 saturated carbocycles. The first-order chi connectivity index (χ1) is 17.3. The summed E-state index contributed by atoms with van der Waals surface area (Å²) >= 11 is 1.45. The van der Waals surface area contributed by atoms with Gasteiger partial charge in [-0.05, 0) is 41.0 Å². The smallest absolute Gasteiger partial charge is 0.355 e. The fourth-order valence-corrected chi connectivity index (χ4v) is 5.04. The number of β-lactam (4-membered cyclic amide) rings is 1. The SMILES string of the molecule is COCC1=C(C(=O)OCc2ccc([N+](=O)[O-])cc2)N2C(=O)C(N=Cc3ccc([N+](=O)[O-])cc3)[C@@H]2SC1. The maximum Gasteiger partial charge on any atom is 0.355 e. The normalized spacial score (nSPS) is 19.1. The summed E-state index contributed by atoms with van der Waals surface area (Å²) in [5.74, 6) is -0.633.